The van der Waals surface area contributed by atoms with Crippen LogP contribution in [0.3, 0.4) is 0 Å². The molecule has 1 heterocycles. The van der Waals surface area contributed by atoms with E-state index < -0.39 is 11.9 Å². The third-order valence-corrected chi connectivity index (χ3v) is 4.09. The van der Waals surface area contributed by atoms with Gasteiger partial charge in [-0.2, -0.15) is 0 Å². The maximum atomic E-state index is 13.2. The summed E-state index contributed by atoms with van der Waals surface area (Å²) in [6, 6.07) is 3.14. The monoisotopic (exact) mass is 441 g/mol. The van der Waals surface area contributed by atoms with Crippen molar-refractivity contribution < 1.29 is 14.2 Å². The van der Waals surface area contributed by atoms with Gasteiger partial charge in [0.1, 0.15) is 23.4 Å². The molecule has 8 heteroatoms. The SMILES string of the molecule is C=C(O)C(C)N=C(N/C=C/CC)c1cc(-c2ncc(F)cn2)cc(OC)c1C.CC(C)=N. The molecule has 0 amide bonds. The van der Waals surface area contributed by atoms with Gasteiger partial charge in [-0.25, -0.2) is 14.4 Å². The van der Waals surface area contributed by atoms with E-state index in [9.17, 15) is 9.50 Å². The predicted octanol–water partition coefficient (Wildman–Crippen LogP) is 5.37. The standard InChI is InChI=1S/C21H25FN4O2.C3H7N/c1-6-7-8-23-21(26-14(3)15(4)27)18-9-16(10-19(28-5)13(18)2)20-24-11-17(22)12-25-20;1-3(2)4/h7-12,14,27H,4,6H2,1-3,5H3,(H,23,26);4H,1-2H3/b8-7+;. The summed E-state index contributed by atoms with van der Waals surface area (Å²) in [5.41, 5.74) is 2.92. The molecule has 2 aromatic rings. The number of nitrogens with one attached hydrogen (secondary N) is 2. The largest absolute Gasteiger partial charge is 0.511 e. The summed E-state index contributed by atoms with van der Waals surface area (Å²) in [5.74, 6) is 0.967. The van der Waals surface area contributed by atoms with Gasteiger partial charge in [0.15, 0.2) is 11.6 Å². The maximum absolute atomic E-state index is 13.2. The van der Waals surface area contributed by atoms with E-state index in [1.54, 1.807) is 40.1 Å². The predicted molar refractivity (Wildman–Crippen MR) is 128 cm³/mol. The van der Waals surface area contributed by atoms with Crippen molar-refractivity contribution in [3.05, 3.63) is 66.1 Å². The van der Waals surface area contributed by atoms with E-state index in [0.29, 0.717) is 28.7 Å². The zero-order valence-electron chi connectivity index (χ0n) is 19.5. The Kier molecular flexibility index (Phi) is 10.8. The molecule has 1 aromatic heterocycles. The molecule has 0 aliphatic heterocycles. The lowest BCUT2D eigenvalue weighted by molar-refractivity contribution is 0.378. The van der Waals surface area contributed by atoms with Crippen LogP contribution in [0, 0.1) is 18.2 Å². The van der Waals surface area contributed by atoms with Crippen LogP contribution in [0.1, 0.15) is 45.2 Å². The number of hydrogen-bond donors (Lipinski definition) is 3. The van der Waals surface area contributed by atoms with Crippen molar-refractivity contribution in [3.8, 4) is 17.1 Å². The molecule has 172 valence electrons. The first kappa shape index (κ1) is 26.5. The summed E-state index contributed by atoms with van der Waals surface area (Å²) >= 11 is 0. The molecule has 32 heavy (non-hydrogen) atoms. The van der Waals surface area contributed by atoms with Crippen molar-refractivity contribution in [2.24, 2.45) is 4.99 Å². The molecule has 0 aliphatic carbocycles. The Morgan fingerprint density at radius 2 is 1.94 bits per heavy atom. The number of aromatic nitrogens is 2. The second-order valence-electron chi connectivity index (χ2n) is 7.18. The highest BCUT2D eigenvalue weighted by molar-refractivity contribution is 6.02. The number of benzene rings is 1. The smallest absolute Gasteiger partial charge is 0.159 e. The molecule has 0 aliphatic rings. The molecule has 1 aromatic carbocycles. The normalized spacial score (nSPS) is 12.0. The van der Waals surface area contributed by atoms with Gasteiger partial charge >= 0.3 is 0 Å². The van der Waals surface area contributed by atoms with Crippen molar-refractivity contribution in [1.29, 1.82) is 5.41 Å². The second kappa shape index (κ2) is 13.0. The average molecular weight is 442 g/mol. The fourth-order valence-electron chi connectivity index (χ4n) is 2.44. The number of rotatable bonds is 7. The van der Waals surface area contributed by atoms with Gasteiger partial charge < -0.3 is 20.6 Å². The van der Waals surface area contributed by atoms with E-state index in [1.165, 1.54) is 0 Å². The van der Waals surface area contributed by atoms with Crippen LogP contribution in [0.2, 0.25) is 0 Å². The minimum Gasteiger partial charge on any atom is -0.511 e. The highest BCUT2D eigenvalue weighted by atomic mass is 19.1. The molecule has 7 nitrogen and oxygen atoms in total. The van der Waals surface area contributed by atoms with Crippen LogP contribution in [0.5, 0.6) is 5.75 Å². The molecular formula is C24H32FN5O2. The quantitative estimate of drug-likeness (QED) is 0.305. The van der Waals surface area contributed by atoms with Gasteiger partial charge in [0.2, 0.25) is 0 Å². The third kappa shape index (κ3) is 8.29. The summed E-state index contributed by atoms with van der Waals surface area (Å²) in [4.78, 5) is 12.6. The van der Waals surface area contributed by atoms with Gasteiger partial charge in [-0.1, -0.05) is 19.6 Å². The van der Waals surface area contributed by atoms with Crippen molar-refractivity contribution in [1.82, 2.24) is 15.3 Å². The van der Waals surface area contributed by atoms with Gasteiger partial charge in [0.05, 0.1) is 19.5 Å². The number of aliphatic hydroxyl groups excluding tert-OH is 1. The van der Waals surface area contributed by atoms with Gasteiger partial charge in [-0.3, -0.25) is 4.99 Å². The second-order valence-corrected chi connectivity index (χ2v) is 7.18. The van der Waals surface area contributed by atoms with E-state index in [1.807, 2.05) is 26.0 Å². The number of ether oxygens (including phenoxy) is 1. The molecule has 0 fully saturated rings. The minimum atomic E-state index is -0.507. The lowest BCUT2D eigenvalue weighted by atomic mass is 10.0. The van der Waals surface area contributed by atoms with Crippen LogP contribution in [-0.2, 0) is 0 Å². The van der Waals surface area contributed by atoms with Crippen molar-refractivity contribution in [2.45, 2.75) is 47.1 Å². The van der Waals surface area contributed by atoms with Crippen LogP contribution in [0.15, 0.2) is 54.1 Å². The molecule has 3 N–H and O–H groups in total. The molecular weight excluding hydrogens is 409 g/mol. The van der Waals surface area contributed by atoms with E-state index in [-0.39, 0.29) is 5.76 Å². The van der Waals surface area contributed by atoms with Gasteiger partial charge in [0, 0.05) is 22.4 Å². The first-order valence-electron chi connectivity index (χ1n) is 10.2. The van der Waals surface area contributed by atoms with Crippen molar-refractivity contribution in [3.63, 3.8) is 0 Å². The summed E-state index contributed by atoms with van der Waals surface area (Å²) in [6.45, 7) is 12.7. The number of aliphatic imine (C=N–C) groups is 1. The first-order valence-corrected chi connectivity index (χ1v) is 10.2. The highest BCUT2D eigenvalue weighted by Crippen LogP contribution is 2.29. The topological polar surface area (TPSA) is 103 Å². The Hall–Kier alpha value is -3.55. The van der Waals surface area contributed by atoms with Crippen molar-refractivity contribution >= 4 is 11.5 Å². The maximum Gasteiger partial charge on any atom is 0.159 e. The fraction of sp³-hybridized carbons (Fsp3) is 0.333. The lowest BCUT2D eigenvalue weighted by Crippen LogP contribution is -2.23. The van der Waals surface area contributed by atoms with Gasteiger partial charge in [0.25, 0.3) is 0 Å². The number of hydrogen-bond acceptors (Lipinski definition) is 6. The van der Waals surface area contributed by atoms with Crippen LogP contribution in [0.4, 0.5) is 4.39 Å². The van der Waals surface area contributed by atoms with E-state index in [4.69, 9.17) is 10.1 Å². The van der Waals surface area contributed by atoms with Crippen LogP contribution >= 0.6 is 0 Å². The molecule has 0 radical (unpaired) electrons. The summed E-state index contributed by atoms with van der Waals surface area (Å²) in [7, 11) is 1.57. The minimum absolute atomic E-state index is 0.0404. The Morgan fingerprint density at radius 1 is 1.34 bits per heavy atom. The molecule has 1 unspecified atom stereocenters. The Bertz CT molecular complexity index is 981. The highest BCUT2D eigenvalue weighted by Gasteiger charge is 2.16. The molecule has 0 saturated carbocycles. The number of methoxy groups -OCH3 is 1. The number of amidine groups is 1. The summed E-state index contributed by atoms with van der Waals surface area (Å²) in [5, 5.41) is 19.4. The molecule has 1 atom stereocenters. The van der Waals surface area contributed by atoms with E-state index in [0.717, 1.165) is 29.9 Å². The zero-order chi connectivity index (χ0) is 24.3. The number of nitrogens with zero attached hydrogens (tertiary/aromatic N) is 3. The lowest BCUT2D eigenvalue weighted by Gasteiger charge is -2.16. The molecule has 0 saturated heterocycles. The van der Waals surface area contributed by atoms with Crippen molar-refractivity contribution in [2.75, 3.05) is 7.11 Å². The Balaban J connectivity index is 0.00000118. The summed E-state index contributed by atoms with van der Waals surface area (Å²) in [6.07, 6.45) is 6.83. The molecule has 2 rings (SSSR count). The molecule has 0 bridgehead atoms. The third-order valence-electron chi connectivity index (χ3n) is 4.09. The Labute approximate surface area is 189 Å². The van der Waals surface area contributed by atoms with Crippen LogP contribution < -0.4 is 10.1 Å². The van der Waals surface area contributed by atoms with Crippen LogP contribution in [0.25, 0.3) is 11.4 Å². The van der Waals surface area contributed by atoms with E-state index >= 15 is 0 Å². The first-order chi connectivity index (χ1) is 15.1. The number of allylic oxidation sites excluding steroid dienone is 1. The fourth-order valence-corrected chi connectivity index (χ4v) is 2.44. The summed E-state index contributed by atoms with van der Waals surface area (Å²) < 4.78 is 18.7. The molecule has 0 spiro atoms. The van der Waals surface area contributed by atoms with Gasteiger partial charge in [-0.15, -0.1) is 0 Å². The zero-order valence-corrected chi connectivity index (χ0v) is 19.5. The number of aliphatic hydroxyl groups is 1. The van der Waals surface area contributed by atoms with Crippen LogP contribution in [-0.4, -0.2) is 39.8 Å². The average Bonchev–Trinajstić information content (AvgIpc) is 2.73. The number of halogens is 1. The van der Waals surface area contributed by atoms with Gasteiger partial charge in [-0.05, 0) is 52.4 Å². The Morgan fingerprint density at radius 3 is 2.44 bits per heavy atom. The van der Waals surface area contributed by atoms with E-state index in [2.05, 4.69) is 26.9 Å².